The Hall–Kier alpha value is -8.40. The van der Waals surface area contributed by atoms with Crippen molar-refractivity contribution in [3.63, 3.8) is 0 Å². The summed E-state index contributed by atoms with van der Waals surface area (Å²) >= 11 is 0. The summed E-state index contributed by atoms with van der Waals surface area (Å²) in [5.74, 6) is 0. The molecule has 10 aromatic carbocycles. The molecule has 3 aliphatic rings. The number of benzene rings is 10. The van der Waals surface area contributed by atoms with Gasteiger partial charge in [0.2, 0.25) is 0 Å². The fourth-order valence-electron chi connectivity index (χ4n) is 14.4. The highest BCUT2D eigenvalue weighted by Gasteiger charge is 2.49. The van der Waals surface area contributed by atoms with Crippen LogP contribution in [0.5, 0.6) is 0 Å². The van der Waals surface area contributed by atoms with Crippen LogP contribution in [0.25, 0.3) is 99.5 Å². The number of furan rings is 2. The monoisotopic (exact) mass is 981 g/mol. The van der Waals surface area contributed by atoms with E-state index in [0.29, 0.717) is 0 Å². The van der Waals surface area contributed by atoms with Crippen LogP contribution in [0.3, 0.4) is 0 Å². The minimum atomic E-state index is -0.357. The third kappa shape index (κ3) is 5.94. The smallest absolute Gasteiger partial charge is 0.144 e. The molecule has 0 spiro atoms. The molecule has 0 unspecified atom stereocenters. The van der Waals surface area contributed by atoms with Gasteiger partial charge in [0, 0.05) is 66.0 Å². The molecule has 0 N–H and O–H groups in total. The summed E-state index contributed by atoms with van der Waals surface area (Å²) in [7, 11) is 0. The minimum absolute atomic E-state index is 0.136. The molecule has 12 aromatic rings. The van der Waals surface area contributed by atoms with Gasteiger partial charge >= 0.3 is 0 Å². The van der Waals surface area contributed by atoms with Crippen molar-refractivity contribution < 1.29 is 8.83 Å². The summed E-state index contributed by atoms with van der Waals surface area (Å²) in [6, 6.07) is 71.9. The van der Waals surface area contributed by atoms with Crippen LogP contribution in [0.2, 0.25) is 0 Å². The Bertz CT molecular complexity index is 4470. The molecule has 0 atom stereocenters. The van der Waals surface area contributed by atoms with Crippen LogP contribution < -0.4 is 4.90 Å². The van der Waals surface area contributed by atoms with Gasteiger partial charge in [-0.25, -0.2) is 0 Å². The Balaban J connectivity index is 0.958. The molecule has 0 amide bonds. The highest BCUT2D eigenvalue weighted by molar-refractivity contribution is 6.22. The molecule has 76 heavy (non-hydrogen) atoms. The minimum Gasteiger partial charge on any atom is -0.455 e. The number of fused-ring (bicyclic) bond motifs is 19. The van der Waals surface area contributed by atoms with E-state index in [1.54, 1.807) is 0 Å². The van der Waals surface area contributed by atoms with Crippen molar-refractivity contribution >= 4 is 60.9 Å². The maximum absolute atomic E-state index is 7.03. The van der Waals surface area contributed by atoms with Crippen molar-refractivity contribution in [3.8, 4) is 55.6 Å². The van der Waals surface area contributed by atoms with Crippen LogP contribution in [-0.2, 0) is 21.7 Å². The van der Waals surface area contributed by atoms with E-state index in [2.05, 4.69) is 261 Å². The van der Waals surface area contributed by atoms with Crippen molar-refractivity contribution in [2.24, 2.45) is 0 Å². The molecule has 0 radical (unpaired) electrons. The highest BCUT2D eigenvalue weighted by Crippen LogP contribution is 2.64. The molecule has 3 nitrogen and oxygen atoms in total. The molecule has 0 saturated carbocycles. The molecule has 0 saturated heterocycles. The first-order valence-corrected chi connectivity index (χ1v) is 27.1. The van der Waals surface area contributed by atoms with Crippen molar-refractivity contribution in [2.75, 3.05) is 4.90 Å². The van der Waals surface area contributed by atoms with Gasteiger partial charge in [0.25, 0.3) is 0 Å². The van der Waals surface area contributed by atoms with E-state index in [0.717, 1.165) is 44.7 Å². The van der Waals surface area contributed by atoms with Gasteiger partial charge in [-0.05, 0) is 137 Å². The predicted molar refractivity (Wildman–Crippen MR) is 318 cm³/mol. The van der Waals surface area contributed by atoms with Crippen LogP contribution in [-0.4, -0.2) is 0 Å². The van der Waals surface area contributed by atoms with Gasteiger partial charge in [-0.3, -0.25) is 0 Å². The van der Waals surface area contributed by atoms with Crippen molar-refractivity contribution in [3.05, 3.63) is 233 Å². The standard InChI is InChI=1S/C73H59NO2/c1-70(2,3)54-31-19-20-32-58(54)74(44-36-38-49-56(40-44)73(8,9)66-62(49)64-51-29-17-22-34-60(51)76-69(64)65-47-27-15-18-30-53(47)72(6,7)67(65)66)43-35-37-48-55(39-43)71(4,5)57-41-52(46-26-14-13-25-45(46)42-23-11-10-12-24-42)68-63(61(48)57)50-28-16-21-33-59(50)75-68/h10-41H,1-9H3. The zero-order valence-electron chi connectivity index (χ0n) is 44.7. The summed E-state index contributed by atoms with van der Waals surface area (Å²) in [6.07, 6.45) is 0. The molecule has 0 aliphatic heterocycles. The predicted octanol–water partition coefficient (Wildman–Crippen LogP) is 20.5. The van der Waals surface area contributed by atoms with E-state index in [9.17, 15) is 0 Å². The summed E-state index contributed by atoms with van der Waals surface area (Å²) in [5.41, 5.74) is 27.8. The normalized spacial score (nSPS) is 15.2. The van der Waals surface area contributed by atoms with Crippen molar-refractivity contribution in [2.45, 2.75) is 84.0 Å². The molecule has 2 heterocycles. The zero-order chi connectivity index (χ0) is 51.8. The van der Waals surface area contributed by atoms with E-state index in [-0.39, 0.29) is 21.7 Å². The Kier molecular flexibility index (Phi) is 9.10. The van der Waals surface area contributed by atoms with Crippen molar-refractivity contribution in [1.29, 1.82) is 0 Å². The number of anilines is 3. The third-order valence-corrected chi connectivity index (χ3v) is 17.9. The van der Waals surface area contributed by atoms with Gasteiger partial charge in [-0.2, -0.15) is 0 Å². The van der Waals surface area contributed by atoms with E-state index in [1.807, 2.05) is 0 Å². The first kappa shape index (κ1) is 45.0. The number of hydrogen-bond donors (Lipinski definition) is 0. The first-order valence-electron chi connectivity index (χ1n) is 27.1. The van der Waals surface area contributed by atoms with Gasteiger partial charge in [-0.1, -0.05) is 208 Å². The maximum atomic E-state index is 7.03. The van der Waals surface area contributed by atoms with E-state index in [4.69, 9.17) is 8.83 Å². The average molecular weight is 982 g/mol. The van der Waals surface area contributed by atoms with Gasteiger partial charge in [0.15, 0.2) is 0 Å². The molecule has 0 bridgehead atoms. The Morgan fingerprint density at radius 1 is 0.368 bits per heavy atom. The Morgan fingerprint density at radius 2 is 0.868 bits per heavy atom. The fourth-order valence-corrected chi connectivity index (χ4v) is 14.4. The maximum Gasteiger partial charge on any atom is 0.144 e. The topological polar surface area (TPSA) is 29.5 Å². The lowest BCUT2D eigenvalue weighted by Crippen LogP contribution is -2.24. The number of rotatable bonds is 5. The number of para-hydroxylation sites is 3. The number of nitrogens with zero attached hydrogens (tertiary/aromatic N) is 1. The second-order valence-corrected chi connectivity index (χ2v) is 24.3. The molecular weight excluding hydrogens is 923 g/mol. The SMILES string of the molecule is CC(C)(C)c1ccccc1N(c1ccc2c(c1)C(C)(C)c1cc(-c3ccccc3-c3ccccc3)c3oc4ccccc4c3c1-2)c1ccc2c(c1)C(C)(C)c1c3c(c4oc5ccccc5c4c1-2)-c1ccccc1C3(C)C. The van der Waals surface area contributed by atoms with Gasteiger partial charge in [-0.15, -0.1) is 0 Å². The van der Waals surface area contributed by atoms with Gasteiger partial charge in [0.05, 0.1) is 0 Å². The molecule has 15 rings (SSSR count). The highest BCUT2D eigenvalue weighted by atomic mass is 16.3. The van der Waals surface area contributed by atoms with Gasteiger partial charge in [0.1, 0.15) is 22.3 Å². The van der Waals surface area contributed by atoms with Crippen LogP contribution >= 0.6 is 0 Å². The summed E-state index contributed by atoms with van der Waals surface area (Å²) in [6.45, 7) is 21.6. The molecule has 0 fully saturated rings. The van der Waals surface area contributed by atoms with Crippen LogP contribution in [0.4, 0.5) is 17.1 Å². The quantitative estimate of drug-likeness (QED) is 0.172. The Labute approximate surface area is 445 Å². The molecule has 368 valence electrons. The van der Waals surface area contributed by atoms with Crippen molar-refractivity contribution in [1.82, 2.24) is 0 Å². The Morgan fingerprint density at radius 3 is 1.55 bits per heavy atom. The third-order valence-electron chi connectivity index (χ3n) is 17.9. The van der Waals surface area contributed by atoms with Gasteiger partial charge < -0.3 is 13.7 Å². The summed E-state index contributed by atoms with van der Waals surface area (Å²) in [5, 5.41) is 4.71. The summed E-state index contributed by atoms with van der Waals surface area (Å²) in [4.78, 5) is 2.55. The van der Waals surface area contributed by atoms with Crippen LogP contribution in [0.1, 0.15) is 101 Å². The van der Waals surface area contributed by atoms with E-state index >= 15 is 0 Å². The van der Waals surface area contributed by atoms with Crippen LogP contribution in [0, 0.1) is 0 Å². The summed E-state index contributed by atoms with van der Waals surface area (Å²) < 4.78 is 14.0. The fraction of sp³-hybridized carbons (Fsp3) is 0.178. The average Bonchev–Trinajstić information content (AvgIpc) is 4.24. The second kappa shape index (κ2) is 15.4. The van der Waals surface area contributed by atoms with Crippen LogP contribution in [0.15, 0.2) is 203 Å². The molecule has 2 aromatic heterocycles. The largest absolute Gasteiger partial charge is 0.455 e. The molecule has 3 heteroatoms. The first-order chi connectivity index (χ1) is 36.6. The lowest BCUT2D eigenvalue weighted by molar-refractivity contribution is 0.591. The van der Waals surface area contributed by atoms with E-state index in [1.165, 1.54) is 111 Å². The molecular formula is C73H59NO2. The van der Waals surface area contributed by atoms with E-state index < -0.39 is 0 Å². The molecule has 3 aliphatic carbocycles. The lowest BCUT2D eigenvalue weighted by Gasteiger charge is -2.34. The number of hydrogen-bond acceptors (Lipinski definition) is 3. The second-order valence-electron chi connectivity index (χ2n) is 24.3. The zero-order valence-corrected chi connectivity index (χ0v) is 44.7. The lowest BCUT2D eigenvalue weighted by atomic mass is 9.72.